The summed E-state index contributed by atoms with van der Waals surface area (Å²) in [7, 11) is -2.87. The number of sulfonamides is 1. The van der Waals surface area contributed by atoms with Crippen LogP contribution in [-0.4, -0.2) is 51.4 Å². The number of methoxy groups -OCH3 is 1. The predicted octanol–water partition coefficient (Wildman–Crippen LogP) is 6.59. The van der Waals surface area contributed by atoms with E-state index >= 15 is 0 Å². The molecule has 4 aromatic carbocycles. The Kier molecular flexibility index (Phi) is 11.7. The maximum atomic E-state index is 14.6. The predicted molar refractivity (Wildman–Crippen MR) is 183 cm³/mol. The van der Waals surface area contributed by atoms with E-state index in [1.54, 1.807) is 55.5 Å². The highest BCUT2D eigenvalue weighted by Gasteiger charge is 2.36. The second kappa shape index (κ2) is 15.5. The summed E-state index contributed by atoms with van der Waals surface area (Å²) in [6.07, 6.45) is 0.166. The Morgan fingerprint density at radius 1 is 0.870 bits per heavy atom. The molecule has 0 aliphatic heterocycles. The van der Waals surface area contributed by atoms with Crippen molar-refractivity contribution in [3.63, 3.8) is 0 Å². The molecule has 4 rings (SSSR count). The van der Waals surface area contributed by atoms with Gasteiger partial charge in [0.2, 0.25) is 11.8 Å². The first-order valence-electron chi connectivity index (χ1n) is 14.7. The normalized spacial score (nSPS) is 11.9. The fraction of sp³-hybridized carbons (Fsp3) is 0.257. The molecule has 8 nitrogen and oxygen atoms in total. The van der Waals surface area contributed by atoms with Crippen LogP contribution in [0.4, 0.5) is 5.69 Å². The van der Waals surface area contributed by atoms with Crippen molar-refractivity contribution in [2.45, 2.75) is 44.7 Å². The number of ether oxygens (including phenoxy) is 1. The van der Waals surface area contributed by atoms with Crippen LogP contribution in [-0.2, 0) is 32.6 Å². The molecular weight excluding hydrogens is 645 g/mol. The van der Waals surface area contributed by atoms with Crippen LogP contribution in [0.25, 0.3) is 0 Å². The van der Waals surface area contributed by atoms with Gasteiger partial charge in [0.25, 0.3) is 10.0 Å². The van der Waals surface area contributed by atoms with Crippen molar-refractivity contribution >= 4 is 50.7 Å². The number of nitrogens with one attached hydrogen (secondary N) is 1. The molecule has 0 aromatic heterocycles. The number of hydrogen-bond donors (Lipinski definition) is 1. The van der Waals surface area contributed by atoms with Gasteiger partial charge in [-0.05, 0) is 68.3 Å². The van der Waals surface area contributed by atoms with Gasteiger partial charge in [-0.15, -0.1) is 0 Å². The molecule has 2 amide bonds. The lowest BCUT2D eigenvalue weighted by atomic mass is 10.0. The van der Waals surface area contributed by atoms with Gasteiger partial charge in [0.15, 0.2) is 0 Å². The molecule has 0 fully saturated rings. The maximum Gasteiger partial charge on any atom is 0.264 e. The van der Waals surface area contributed by atoms with E-state index in [0.29, 0.717) is 22.2 Å². The fourth-order valence-corrected chi connectivity index (χ4v) is 6.98. The Morgan fingerprint density at radius 3 is 2.11 bits per heavy atom. The highest BCUT2D eigenvalue weighted by Crippen LogP contribution is 2.34. The zero-order valence-electron chi connectivity index (χ0n) is 26.2. The van der Waals surface area contributed by atoms with Crippen molar-refractivity contribution in [1.29, 1.82) is 0 Å². The van der Waals surface area contributed by atoms with Crippen molar-refractivity contribution in [2.24, 2.45) is 0 Å². The van der Waals surface area contributed by atoms with Gasteiger partial charge in [-0.3, -0.25) is 13.9 Å². The largest absolute Gasteiger partial charge is 0.495 e. The minimum atomic E-state index is -4.30. The molecular formula is C35H37Cl2N3O5S. The lowest BCUT2D eigenvalue weighted by Crippen LogP contribution is -2.53. The minimum absolute atomic E-state index is 0.000260. The third-order valence-corrected chi connectivity index (χ3v) is 9.99. The second-order valence-electron chi connectivity index (χ2n) is 10.8. The van der Waals surface area contributed by atoms with E-state index in [0.717, 1.165) is 21.0 Å². The number of anilines is 1. The number of carbonyl (C=O) groups excluding carboxylic acids is 2. The molecule has 1 N–H and O–H groups in total. The molecule has 0 radical (unpaired) electrons. The second-order valence-corrected chi connectivity index (χ2v) is 13.5. The van der Waals surface area contributed by atoms with Crippen LogP contribution >= 0.6 is 23.2 Å². The quantitative estimate of drug-likeness (QED) is 0.172. The lowest BCUT2D eigenvalue weighted by molar-refractivity contribution is -0.140. The van der Waals surface area contributed by atoms with Crippen LogP contribution in [0.1, 0.15) is 29.2 Å². The number of benzene rings is 4. The van der Waals surface area contributed by atoms with Crippen LogP contribution in [0.5, 0.6) is 5.75 Å². The third-order valence-electron chi connectivity index (χ3n) is 7.50. The summed E-state index contributed by atoms with van der Waals surface area (Å²) < 4.78 is 35.2. The van der Waals surface area contributed by atoms with E-state index in [9.17, 15) is 18.0 Å². The molecule has 0 bridgehead atoms. The third kappa shape index (κ3) is 8.20. The van der Waals surface area contributed by atoms with Crippen molar-refractivity contribution in [2.75, 3.05) is 24.5 Å². The topological polar surface area (TPSA) is 96.0 Å². The molecule has 11 heteroatoms. The summed E-state index contributed by atoms with van der Waals surface area (Å²) in [6, 6.07) is 24.7. The van der Waals surface area contributed by atoms with Crippen molar-refractivity contribution in [3.8, 4) is 5.75 Å². The van der Waals surface area contributed by atoms with Crippen LogP contribution < -0.4 is 14.4 Å². The summed E-state index contributed by atoms with van der Waals surface area (Å²) in [5.41, 5.74) is 3.07. The van der Waals surface area contributed by atoms with Gasteiger partial charge >= 0.3 is 0 Å². The van der Waals surface area contributed by atoms with E-state index in [2.05, 4.69) is 5.32 Å². The van der Waals surface area contributed by atoms with Gasteiger partial charge in [0.05, 0.1) is 17.7 Å². The number of halogens is 2. The zero-order valence-corrected chi connectivity index (χ0v) is 28.5. The lowest BCUT2D eigenvalue weighted by Gasteiger charge is -2.34. The molecule has 0 aliphatic carbocycles. The molecule has 242 valence electrons. The van der Waals surface area contributed by atoms with Gasteiger partial charge in [0.1, 0.15) is 18.3 Å². The van der Waals surface area contributed by atoms with Crippen LogP contribution in [0.15, 0.2) is 95.9 Å². The first kappa shape index (κ1) is 34.8. The fourth-order valence-electron chi connectivity index (χ4n) is 5.05. The number of nitrogens with zero attached hydrogens (tertiary/aromatic N) is 2. The first-order chi connectivity index (χ1) is 22.0. The first-order valence-corrected chi connectivity index (χ1v) is 16.9. The van der Waals surface area contributed by atoms with Crippen LogP contribution in [0, 0.1) is 13.8 Å². The Balaban J connectivity index is 1.88. The van der Waals surface area contributed by atoms with E-state index in [1.165, 1.54) is 24.1 Å². The number of rotatable bonds is 13. The maximum absolute atomic E-state index is 14.6. The molecule has 46 heavy (non-hydrogen) atoms. The summed E-state index contributed by atoms with van der Waals surface area (Å²) in [5.74, 6) is -0.772. The number of aryl methyl sites for hydroxylation is 2. The van der Waals surface area contributed by atoms with Gasteiger partial charge in [0, 0.05) is 35.1 Å². The molecule has 1 unspecified atom stereocenters. The average molecular weight is 683 g/mol. The van der Waals surface area contributed by atoms with Gasteiger partial charge in [-0.25, -0.2) is 8.42 Å². The van der Waals surface area contributed by atoms with Gasteiger partial charge in [-0.1, -0.05) is 83.4 Å². The number of carbonyl (C=O) groups is 2. The smallest absolute Gasteiger partial charge is 0.264 e. The summed E-state index contributed by atoms with van der Waals surface area (Å²) in [4.78, 5) is 29.7. The highest BCUT2D eigenvalue weighted by atomic mass is 35.5. The standard InChI is InChI=1S/C35H37Cl2N3O5S/c1-5-38-35(42)32(21-26-10-7-6-8-11-26)39(22-28-29(36)12-9-13-30(28)37)34(41)23-40(31-20-25(3)16-19-33(31)45-4)46(43,44)27-17-14-24(2)15-18-27/h6-20,32H,5,21-23H2,1-4H3,(H,38,42). The van der Waals surface area contributed by atoms with Crippen LogP contribution in [0.3, 0.4) is 0 Å². The van der Waals surface area contributed by atoms with Gasteiger partial charge < -0.3 is 15.0 Å². The Morgan fingerprint density at radius 2 is 1.50 bits per heavy atom. The van der Waals surface area contributed by atoms with Crippen LogP contribution in [0.2, 0.25) is 10.0 Å². The molecule has 0 saturated heterocycles. The van der Waals surface area contributed by atoms with E-state index in [-0.39, 0.29) is 29.3 Å². The Labute approximate surface area is 280 Å². The van der Waals surface area contributed by atoms with E-state index < -0.39 is 34.4 Å². The summed E-state index contributed by atoms with van der Waals surface area (Å²) in [5, 5.41) is 3.46. The average Bonchev–Trinajstić information content (AvgIpc) is 3.03. The molecule has 0 aliphatic rings. The van der Waals surface area contributed by atoms with E-state index in [1.807, 2.05) is 44.2 Å². The Hall–Kier alpha value is -4.05. The molecule has 0 spiro atoms. The highest BCUT2D eigenvalue weighted by molar-refractivity contribution is 7.92. The molecule has 1 atom stereocenters. The number of hydrogen-bond acceptors (Lipinski definition) is 5. The monoisotopic (exact) mass is 681 g/mol. The molecule has 0 saturated carbocycles. The zero-order chi connectivity index (χ0) is 33.4. The molecule has 4 aromatic rings. The summed E-state index contributed by atoms with van der Waals surface area (Å²) >= 11 is 13.1. The number of likely N-dealkylation sites (N-methyl/N-ethyl adjacent to an activating group) is 1. The van der Waals surface area contributed by atoms with Gasteiger partial charge in [-0.2, -0.15) is 0 Å². The van der Waals surface area contributed by atoms with Crippen molar-refractivity contribution in [3.05, 3.63) is 123 Å². The van der Waals surface area contributed by atoms with Crippen molar-refractivity contribution < 1.29 is 22.7 Å². The summed E-state index contributed by atoms with van der Waals surface area (Å²) in [6.45, 7) is 5.01. The number of amides is 2. The van der Waals surface area contributed by atoms with Crippen molar-refractivity contribution in [1.82, 2.24) is 10.2 Å². The Bertz CT molecular complexity index is 1760. The van der Waals surface area contributed by atoms with E-state index in [4.69, 9.17) is 27.9 Å². The minimum Gasteiger partial charge on any atom is -0.495 e. The molecule has 0 heterocycles. The SMILES string of the molecule is CCNC(=O)C(Cc1ccccc1)N(Cc1c(Cl)cccc1Cl)C(=O)CN(c1cc(C)ccc1OC)S(=O)(=O)c1ccc(C)cc1.